The number of carbonyl (C=O) groups excluding carboxylic acids is 1. The number of fused-ring (bicyclic) bond motifs is 1. The van der Waals surface area contributed by atoms with Crippen LogP contribution in [0.3, 0.4) is 0 Å². The number of aromatic nitrogens is 3. The van der Waals surface area contributed by atoms with Crippen LogP contribution in [-0.2, 0) is 19.2 Å². The van der Waals surface area contributed by atoms with E-state index in [9.17, 15) is 28.5 Å². The Morgan fingerprint density at radius 3 is 2.62 bits per heavy atom. The van der Waals surface area contributed by atoms with Gasteiger partial charge in [-0.2, -0.15) is 8.42 Å². The highest BCUT2D eigenvalue weighted by Crippen LogP contribution is 2.32. The lowest BCUT2D eigenvalue weighted by Crippen LogP contribution is -2.37. The van der Waals surface area contributed by atoms with Crippen molar-refractivity contribution in [3.05, 3.63) is 48.4 Å². The molecule has 13 nitrogen and oxygen atoms in total. The molecule has 0 bridgehead atoms. The van der Waals surface area contributed by atoms with Crippen LogP contribution in [0.4, 0.5) is 5.69 Å². The fourth-order valence-electron chi connectivity index (χ4n) is 3.21. The van der Waals surface area contributed by atoms with E-state index in [0.29, 0.717) is 16.9 Å². The Kier molecular flexibility index (Phi) is 5.70. The van der Waals surface area contributed by atoms with Crippen LogP contribution in [0.25, 0.3) is 11.2 Å². The summed E-state index contributed by atoms with van der Waals surface area (Å²) in [5.74, 6) is -1.07. The predicted molar refractivity (Wildman–Crippen MR) is 108 cm³/mol. The second-order valence-corrected chi connectivity index (χ2v) is 8.34. The molecule has 1 aliphatic heterocycles. The number of pyridine rings is 1. The van der Waals surface area contributed by atoms with Crippen molar-refractivity contribution in [1.82, 2.24) is 19.3 Å². The van der Waals surface area contributed by atoms with E-state index in [1.807, 2.05) is 0 Å². The number of hydrogen-bond acceptors (Lipinski definition) is 11. The van der Waals surface area contributed by atoms with E-state index >= 15 is 0 Å². The minimum Gasteiger partial charge on any atom is -0.508 e. The summed E-state index contributed by atoms with van der Waals surface area (Å²) in [6.07, 6.45) is -2.55. The van der Waals surface area contributed by atoms with Crippen LogP contribution < -0.4 is 10.5 Å². The molecule has 1 amide bonds. The molecule has 0 radical (unpaired) electrons. The molecule has 0 aliphatic carbocycles. The number of amides is 1. The van der Waals surface area contributed by atoms with Crippen LogP contribution in [0, 0.1) is 0 Å². The number of benzene rings is 1. The van der Waals surface area contributed by atoms with Gasteiger partial charge >= 0.3 is 10.3 Å². The van der Waals surface area contributed by atoms with Crippen molar-refractivity contribution in [2.45, 2.75) is 24.5 Å². The van der Waals surface area contributed by atoms with Gasteiger partial charge in [0.15, 0.2) is 11.9 Å². The first-order valence-electron chi connectivity index (χ1n) is 9.25. The van der Waals surface area contributed by atoms with Gasteiger partial charge < -0.3 is 25.8 Å². The lowest BCUT2D eigenvalue weighted by Gasteiger charge is -2.16. The lowest BCUT2D eigenvalue weighted by molar-refractivity contribution is -0.0468. The first-order chi connectivity index (χ1) is 15.2. The maximum atomic E-state index is 12.1. The van der Waals surface area contributed by atoms with Crippen LogP contribution in [0.2, 0.25) is 0 Å². The molecule has 32 heavy (non-hydrogen) atoms. The fraction of sp³-hybridized carbons (Fsp3) is 0.278. The molecule has 0 saturated carbocycles. The van der Waals surface area contributed by atoms with Crippen LogP contribution in [0.1, 0.15) is 16.6 Å². The van der Waals surface area contributed by atoms with E-state index in [0.717, 1.165) is 0 Å². The van der Waals surface area contributed by atoms with Gasteiger partial charge in [-0.15, -0.1) is 0 Å². The lowest BCUT2D eigenvalue weighted by atomic mass is 10.1. The highest BCUT2D eigenvalue weighted by molar-refractivity contribution is 7.85. The van der Waals surface area contributed by atoms with Crippen molar-refractivity contribution >= 4 is 33.1 Å². The molecule has 1 fully saturated rings. The van der Waals surface area contributed by atoms with Gasteiger partial charge in [-0.1, -0.05) is 0 Å². The van der Waals surface area contributed by atoms with Gasteiger partial charge in [-0.3, -0.25) is 13.5 Å². The van der Waals surface area contributed by atoms with Crippen molar-refractivity contribution in [3.8, 4) is 5.75 Å². The molecule has 0 spiro atoms. The second-order valence-electron chi connectivity index (χ2n) is 6.99. The number of rotatable bonds is 6. The van der Waals surface area contributed by atoms with Gasteiger partial charge in [0.1, 0.15) is 29.6 Å². The minimum atomic E-state index is -4.56. The van der Waals surface area contributed by atoms with E-state index in [-0.39, 0.29) is 11.3 Å². The molecule has 14 heteroatoms. The summed E-state index contributed by atoms with van der Waals surface area (Å²) in [6, 6.07) is 6.43. The average Bonchev–Trinajstić information content (AvgIpc) is 3.29. The molecule has 1 aromatic carbocycles. The Bertz CT molecular complexity index is 1250. The number of anilines is 1. The molecule has 3 heterocycles. The standard InChI is InChI=1S/C18H19N5O8S/c19-11-5-6-20-16-13(11)21-8-23(16)18-15(26)14(25)12(31-18)7-30-32(28,29)22-17(27)9-1-3-10(24)4-2-9/h1-6,8,12,14-15,18,24-26H,7H2,(H2,19,20)(H,22,27)/t12-,14-,15-,18-/m1/s1. The molecule has 6 N–H and O–H groups in total. The summed E-state index contributed by atoms with van der Waals surface area (Å²) < 4.78 is 37.6. The number of carbonyl (C=O) groups is 1. The summed E-state index contributed by atoms with van der Waals surface area (Å²) in [7, 11) is -4.56. The Labute approximate surface area is 181 Å². The number of nitrogens with zero attached hydrogens (tertiary/aromatic N) is 3. The summed E-state index contributed by atoms with van der Waals surface area (Å²) >= 11 is 0. The summed E-state index contributed by atoms with van der Waals surface area (Å²) in [5, 5.41) is 29.9. The normalized spacial score (nSPS) is 23.4. The van der Waals surface area contributed by atoms with Crippen molar-refractivity contribution in [2.75, 3.05) is 12.3 Å². The maximum absolute atomic E-state index is 12.1. The third-order valence-electron chi connectivity index (χ3n) is 4.84. The third-order valence-corrected chi connectivity index (χ3v) is 5.72. The number of aromatic hydroxyl groups is 1. The summed E-state index contributed by atoms with van der Waals surface area (Å²) in [5.41, 5.74) is 6.85. The van der Waals surface area contributed by atoms with Gasteiger partial charge in [0.05, 0.1) is 18.6 Å². The summed E-state index contributed by atoms with van der Waals surface area (Å²) in [4.78, 5) is 20.3. The number of aliphatic hydroxyl groups is 2. The topological polar surface area (TPSA) is 199 Å². The molecule has 4 atom stereocenters. The van der Waals surface area contributed by atoms with Crippen molar-refractivity contribution in [3.63, 3.8) is 0 Å². The highest BCUT2D eigenvalue weighted by atomic mass is 32.2. The zero-order valence-corrected chi connectivity index (χ0v) is 17.1. The van der Waals surface area contributed by atoms with E-state index in [1.54, 1.807) is 10.8 Å². The van der Waals surface area contributed by atoms with E-state index < -0.39 is 47.4 Å². The van der Waals surface area contributed by atoms with Crippen LogP contribution in [0.15, 0.2) is 42.9 Å². The largest absolute Gasteiger partial charge is 0.508 e. The zero-order valence-electron chi connectivity index (χ0n) is 16.3. The number of nitrogen functional groups attached to an aromatic ring is 1. The van der Waals surface area contributed by atoms with Gasteiger partial charge in [-0.25, -0.2) is 14.7 Å². The molecule has 1 aliphatic rings. The fourth-order valence-corrected chi connectivity index (χ4v) is 3.92. The van der Waals surface area contributed by atoms with Gasteiger partial charge in [0.25, 0.3) is 5.91 Å². The van der Waals surface area contributed by atoms with Gasteiger partial charge in [0, 0.05) is 11.8 Å². The first-order valence-corrected chi connectivity index (χ1v) is 10.7. The predicted octanol–water partition coefficient (Wildman–Crippen LogP) is -0.970. The first kappa shape index (κ1) is 21.9. The van der Waals surface area contributed by atoms with E-state index in [2.05, 4.69) is 9.97 Å². The number of phenolic OH excluding ortho intramolecular Hbond substituents is 1. The van der Waals surface area contributed by atoms with Crippen LogP contribution in [-0.4, -0.2) is 69.1 Å². The SMILES string of the molecule is Nc1ccnc2c1ncn2[C@@H]1O[C@H](COS(=O)(=O)NC(=O)c2ccc(O)cc2)[C@@H](O)[C@H]1O. The van der Waals surface area contributed by atoms with Crippen molar-refractivity contribution in [1.29, 1.82) is 0 Å². The number of ether oxygens (including phenoxy) is 1. The second kappa shape index (κ2) is 8.33. The Morgan fingerprint density at radius 1 is 1.19 bits per heavy atom. The van der Waals surface area contributed by atoms with E-state index in [1.165, 1.54) is 41.4 Å². The summed E-state index contributed by atoms with van der Waals surface area (Å²) in [6.45, 7) is -0.685. The van der Waals surface area contributed by atoms with Gasteiger partial charge in [-0.05, 0) is 30.3 Å². The third kappa shape index (κ3) is 4.21. The molecule has 3 aromatic rings. The molecule has 1 saturated heterocycles. The number of aliphatic hydroxyl groups excluding tert-OH is 2. The Morgan fingerprint density at radius 2 is 1.91 bits per heavy atom. The molecule has 170 valence electrons. The van der Waals surface area contributed by atoms with Crippen LogP contribution >= 0.6 is 0 Å². The Hall–Kier alpha value is -3.30. The Balaban J connectivity index is 1.42. The highest BCUT2D eigenvalue weighted by Gasteiger charge is 2.45. The monoisotopic (exact) mass is 465 g/mol. The smallest absolute Gasteiger partial charge is 0.362 e. The van der Waals surface area contributed by atoms with Crippen molar-refractivity contribution in [2.24, 2.45) is 0 Å². The number of nitrogens with two attached hydrogens (primary N) is 1. The number of phenols is 1. The molecule has 0 unspecified atom stereocenters. The zero-order chi connectivity index (χ0) is 23.0. The number of imidazole rings is 1. The molecule has 4 rings (SSSR count). The molecular formula is C18H19N5O8S. The number of nitrogens with one attached hydrogen (secondary N) is 1. The maximum Gasteiger partial charge on any atom is 0.362 e. The van der Waals surface area contributed by atoms with Gasteiger partial charge in [0.2, 0.25) is 0 Å². The molecule has 2 aromatic heterocycles. The average molecular weight is 465 g/mol. The number of hydrogen-bond donors (Lipinski definition) is 5. The van der Waals surface area contributed by atoms with Crippen LogP contribution in [0.5, 0.6) is 5.75 Å². The quantitative estimate of drug-likeness (QED) is 0.300. The van der Waals surface area contributed by atoms with Crippen molar-refractivity contribution < 1.29 is 37.5 Å². The minimum absolute atomic E-state index is 0.0265. The van der Waals surface area contributed by atoms with E-state index in [4.69, 9.17) is 14.7 Å². The molecular weight excluding hydrogens is 446 g/mol.